The van der Waals surface area contributed by atoms with Gasteiger partial charge in [0.15, 0.2) is 11.9 Å². The lowest BCUT2D eigenvalue weighted by molar-refractivity contribution is -0.157. The molecule has 0 radical (unpaired) electrons. The molecule has 1 aromatic heterocycles. The molecule has 0 spiro atoms. The van der Waals surface area contributed by atoms with Crippen molar-refractivity contribution in [3.63, 3.8) is 0 Å². The molecule has 422 valence electrons. The summed E-state index contributed by atoms with van der Waals surface area (Å²) in [5, 5.41) is 0.571. The van der Waals surface area contributed by atoms with E-state index >= 15 is 0 Å². The molecule has 10 rings (SSSR count). The van der Waals surface area contributed by atoms with E-state index in [1.165, 1.54) is 19.9 Å². The van der Waals surface area contributed by atoms with Gasteiger partial charge in [0, 0.05) is 51.0 Å². The van der Waals surface area contributed by atoms with E-state index in [-0.39, 0.29) is 41.2 Å². The van der Waals surface area contributed by atoms with Gasteiger partial charge in [0.1, 0.15) is 52.8 Å². The highest BCUT2D eigenvalue weighted by Crippen LogP contribution is 2.38. The van der Waals surface area contributed by atoms with E-state index in [4.69, 9.17) is 47.0 Å². The molecule has 5 heterocycles. The number of para-hydroxylation sites is 4. The second-order valence-corrected chi connectivity index (χ2v) is 18.4. The summed E-state index contributed by atoms with van der Waals surface area (Å²) in [6, 6.07) is 34.1. The predicted molar refractivity (Wildman–Crippen MR) is 296 cm³/mol. The lowest BCUT2D eigenvalue weighted by atomic mass is 10.0. The highest BCUT2D eigenvalue weighted by molar-refractivity contribution is 6.00. The average Bonchev–Trinajstić information content (AvgIpc) is 4.17. The summed E-state index contributed by atoms with van der Waals surface area (Å²) in [4.78, 5) is 103. The molecule has 4 aliphatic heterocycles. The molecular formula is C63H56O19. The highest BCUT2D eigenvalue weighted by Gasteiger charge is 2.36. The maximum atomic E-state index is 11.6. The summed E-state index contributed by atoms with van der Waals surface area (Å²) in [6.45, 7) is 26.1. The van der Waals surface area contributed by atoms with E-state index in [9.17, 15) is 43.2 Å². The monoisotopic (exact) mass is 1120 g/mol. The molecule has 0 bridgehead atoms. The zero-order chi connectivity index (χ0) is 59.8. The van der Waals surface area contributed by atoms with Crippen LogP contribution in [0.5, 0.6) is 34.5 Å². The maximum Gasteiger partial charge on any atom is 0.357 e. The third kappa shape index (κ3) is 16.3. The van der Waals surface area contributed by atoms with E-state index in [0.29, 0.717) is 87.0 Å². The maximum absolute atomic E-state index is 11.6. The van der Waals surface area contributed by atoms with Crippen molar-refractivity contribution in [1.29, 1.82) is 0 Å². The van der Waals surface area contributed by atoms with Gasteiger partial charge in [-0.15, -0.1) is 0 Å². The fourth-order valence-corrected chi connectivity index (χ4v) is 7.31. The molecule has 19 nitrogen and oxygen atoms in total. The van der Waals surface area contributed by atoms with Crippen LogP contribution in [0.25, 0.3) is 11.0 Å². The Balaban J connectivity index is 0.000000165. The van der Waals surface area contributed by atoms with E-state index in [0.717, 1.165) is 17.4 Å². The van der Waals surface area contributed by atoms with Crippen molar-refractivity contribution in [2.24, 2.45) is 0 Å². The Morgan fingerprint density at radius 2 is 1.01 bits per heavy atom. The van der Waals surface area contributed by atoms with Crippen LogP contribution < -0.4 is 34.0 Å². The summed E-state index contributed by atoms with van der Waals surface area (Å²) in [7, 11) is 0. The minimum Gasteiger partial charge on any atom is -0.492 e. The van der Waals surface area contributed by atoms with Crippen molar-refractivity contribution in [2.45, 2.75) is 65.8 Å². The van der Waals surface area contributed by atoms with Crippen molar-refractivity contribution in [2.75, 3.05) is 13.2 Å². The largest absolute Gasteiger partial charge is 0.492 e. The summed E-state index contributed by atoms with van der Waals surface area (Å²) < 4.78 is 51.2. The van der Waals surface area contributed by atoms with Gasteiger partial charge >= 0.3 is 47.4 Å². The Hall–Kier alpha value is -10.4. The first-order chi connectivity index (χ1) is 39.0. The minimum absolute atomic E-state index is 0.000487. The number of carbonyl (C=O) groups excluding carboxylic acids is 8. The highest BCUT2D eigenvalue weighted by atomic mass is 16.6. The number of fused-ring (bicyclic) bond motifs is 5. The van der Waals surface area contributed by atoms with Crippen molar-refractivity contribution >= 4 is 58.5 Å². The summed E-state index contributed by atoms with van der Waals surface area (Å²) in [6.07, 6.45) is -1.47. The standard InChI is InChI=1S/2C13H12O4.C13H10O4.C12H10O4.C12H12O3/c1-8(2)13(15)17-9-3-4-12-10(7-9)11(14)5-6-16-12;2*1-8(2)13(15)17-11-7-12(14)16-10-6-4-3-5-9(10)11;1-7(2)11(13)16-10-8-5-3-4-6-9(8)15-12(10)14;1-8(2)12(13)15-11-7-14-10-6-4-3-5-9(10)11/h3-4,7H,1,5-6H2,2H3;3-6,11H,1,7H2,2H3;3-7H,1H2,2H3;3-6,10H,1H2,2H3;3-6,11H,1,7H2,2H3. The number of rotatable bonds is 10. The number of Topliss-reactive ketones (excluding diaryl/α,β-unsaturated/α-hetero) is 1. The summed E-state index contributed by atoms with van der Waals surface area (Å²) in [5.74, 6) is -0.795. The van der Waals surface area contributed by atoms with Crippen LogP contribution in [0.3, 0.4) is 0 Å². The van der Waals surface area contributed by atoms with Crippen LogP contribution >= 0.6 is 0 Å². The number of hydrogen-bond acceptors (Lipinski definition) is 19. The zero-order valence-electron chi connectivity index (χ0n) is 45.4. The van der Waals surface area contributed by atoms with E-state index in [1.807, 2.05) is 24.3 Å². The quantitative estimate of drug-likeness (QED) is 0.0406. The fourth-order valence-electron chi connectivity index (χ4n) is 7.31. The molecule has 6 aromatic rings. The van der Waals surface area contributed by atoms with Crippen LogP contribution in [0, 0.1) is 0 Å². The second-order valence-electron chi connectivity index (χ2n) is 18.4. The van der Waals surface area contributed by atoms with Crippen molar-refractivity contribution in [3.05, 3.63) is 215 Å². The summed E-state index contributed by atoms with van der Waals surface area (Å²) >= 11 is 0. The van der Waals surface area contributed by atoms with Gasteiger partial charge in [-0.05, 0) is 83.1 Å². The number of esters is 7. The predicted octanol–water partition coefficient (Wildman–Crippen LogP) is 10.6. The molecule has 19 heteroatoms. The Morgan fingerprint density at radius 3 is 1.63 bits per heavy atom. The van der Waals surface area contributed by atoms with Crippen LogP contribution in [0.1, 0.15) is 92.8 Å². The molecule has 0 fully saturated rings. The van der Waals surface area contributed by atoms with Gasteiger partial charge in [-0.2, -0.15) is 0 Å². The molecule has 3 unspecified atom stereocenters. The number of hydrogen-bond donors (Lipinski definition) is 0. The molecule has 0 saturated heterocycles. The van der Waals surface area contributed by atoms with Gasteiger partial charge in [0.25, 0.3) is 0 Å². The first-order valence-corrected chi connectivity index (χ1v) is 25.0. The molecule has 0 amide bonds. The van der Waals surface area contributed by atoms with Crippen molar-refractivity contribution < 1.29 is 85.4 Å². The Morgan fingerprint density at radius 1 is 0.500 bits per heavy atom. The topological polar surface area (TPSA) is 250 Å². The average molecular weight is 1120 g/mol. The first kappa shape index (κ1) is 60.8. The Labute approximate surface area is 470 Å². The van der Waals surface area contributed by atoms with Gasteiger partial charge in [-0.3, -0.25) is 9.59 Å². The van der Waals surface area contributed by atoms with E-state index < -0.39 is 53.6 Å². The smallest absolute Gasteiger partial charge is 0.357 e. The molecule has 5 aromatic carbocycles. The minimum atomic E-state index is -0.972. The normalized spacial score (nSPS) is 15.3. The Kier molecular flexibility index (Phi) is 20.7. The lowest BCUT2D eigenvalue weighted by Gasteiger charge is -2.24. The van der Waals surface area contributed by atoms with Gasteiger partial charge in [0.05, 0.1) is 30.0 Å². The van der Waals surface area contributed by atoms with Gasteiger partial charge in [0.2, 0.25) is 6.10 Å². The number of ether oxygens (including phenoxy) is 9. The fraction of sp³-hybridized carbons (Fsp3) is 0.190. The van der Waals surface area contributed by atoms with Crippen molar-refractivity contribution in [3.8, 4) is 34.5 Å². The molecule has 0 aliphatic carbocycles. The third-order valence-corrected chi connectivity index (χ3v) is 11.5. The molecule has 0 saturated carbocycles. The second kappa shape index (κ2) is 27.9. The van der Waals surface area contributed by atoms with Crippen LogP contribution in [-0.2, 0) is 47.8 Å². The SMILES string of the molecule is C=C(C)C(=O)OC1C(=O)Oc2ccccc21.C=C(C)C(=O)OC1CC(=O)Oc2ccccc21.C=C(C)C(=O)OC1COc2ccccc21.C=C(C)C(=O)Oc1cc(=O)oc2ccccc12.C=C(C)C(=O)Oc1ccc2c(c1)C(=O)CCO2. The first-order valence-electron chi connectivity index (χ1n) is 25.0. The molecule has 82 heavy (non-hydrogen) atoms. The van der Waals surface area contributed by atoms with Crippen LogP contribution in [0.4, 0.5) is 0 Å². The van der Waals surface area contributed by atoms with Gasteiger partial charge in [-0.25, -0.2) is 33.6 Å². The molecule has 0 N–H and O–H groups in total. The molecule has 4 aliphatic rings. The van der Waals surface area contributed by atoms with Crippen molar-refractivity contribution in [1.82, 2.24) is 0 Å². The molecular weight excluding hydrogens is 1060 g/mol. The number of benzene rings is 5. The zero-order valence-corrected chi connectivity index (χ0v) is 45.4. The lowest BCUT2D eigenvalue weighted by Crippen LogP contribution is -2.23. The number of carbonyl (C=O) groups is 8. The van der Waals surface area contributed by atoms with Crippen LogP contribution in [0.15, 0.2) is 191 Å². The Bertz CT molecular complexity index is 3620. The summed E-state index contributed by atoms with van der Waals surface area (Å²) in [5.41, 5.74) is 4.02. The number of ketones is 1. The van der Waals surface area contributed by atoms with Gasteiger partial charge < -0.3 is 47.0 Å². The van der Waals surface area contributed by atoms with Crippen LogP contribution in [-0.4, -0.2) is 60.8 Å². The molecule has 3 atom stereocenters. The van der Waals surface area contributed by atoms with Crippen LogP contribution in [0.2, 0.25) is 0 Å². The van der Waals surface area contributed by atoms with Gasteiger partial charge in [-0.1, -0.05) is 99.6 Å². The van der Waals surface area contributed by atoms with E-state index in [1.54, 1.807) is 106 Å². The van der Waals surface area contributed by atoms with E-state index in [2.05, 4.69) is 32.9 Å². The third-order valence-electron chi connectivity index (χ3n) is 11.5.